The quantitative estimate of drug-likeness (QED) is 0.638. The fraction of sp³-hybridized carbons (Fsp3) is 0.917. The van der Waals surface area contributed by atoms with Crippen molar-refractivity contribution in [1.82, 2.24) is 0 Å². The van der Waals surface area contributed by atoms with Gasteiger partial charge < -0.3 is 0 Å². The first-order valence-electron chi connectivity index (χ1n) is 5.85. The van der Waals surface area contributed by atoms with Crippen molar-refractivity contribution in [2.75, 3.05) is 0 Å². The summed E-state index contributed by atoms with van der Waals surface area (Å²) in [5, 5.41) is 0. The van der Waals surface area contributed by atoms with Crippen molar-refractivity contribution in [3.05, 3.63) is 0 Å². The SMILES string of the molecule is CCCCC(C)(CC)C(=O)CCC(F)(F)F. The minimum Gasteiger partial charge on any atom is -0.299 e. The molecule has 0 aliphatic heterocycles. The number of unbranched alkanes of at least 4 members (excludes halogenated alkanes) is 1. The van der Waals surface area contributed by atoms with E-state index in [9.17, 15) is 18.0 Å². The van der Waals surface area contributed by atoms with E-state index >= 15 is 0 Å². The van der Waals surface area contributed by atoms with E-state index in [0.717, 1.165) is 12.8 Å². The summed E-state index contributed by atoms with van der Waals surface area (Å²) in [6.45, 7) is 5.65. The third-order valence-corrected chi connectivity index (χ3v) is 3.17. The maximum absolute atomic E-state index is 12.0. The molecule has 96 valence electrons. The first-order chi connectivity index (χ1) is 7.25. The molecule has 0 aliphatic rings. The highest BCUT2D eigenvalue weighted by molar-refractivity contribution is 5.84. The smallest absolute Gasteiger partial charge is 0.299 e. The molecule has 16 heavy (non-hydrogen) atoms. The number of hydrogen-bond donors (Lipinski definition) is 0. The van der Waals surface area contributed by atoms with Crippen LogP contribution in [0.25, 0.3) is 0 Å². The van der Waals surface area contributed by atoms with Crippen molar-refractivity contribution in [3.8, 4) is 0 Å². The topological polar surface area (TPSA) is 17.1 Å². The maximum Gasteiger partial charge on any atom is 0.389 e. The summed E-state index contributed by atoms with van der Waals surface area (Å²) in [6, 6.07) is 0. The summed E-state index contributed by atoms with van der Waals surface area (Å²) in [4.78, 5) is 11.7. The van der Waals surface area contributed by atoms with Crippen LogP contribution in [0, 0.1) is 5.41 Å². The second kappa shape index (κ2) is 6.26. The zero-order valence-electron chi connectivity index (χ0n) is 10.3. The van der Waals surface area contributed by atoms with Gasteiger partial charge in [-0.1, -0.05) is 33.6 Å². The van der Waals surface area contributed by atoms with Crippen molar-refractivity contribution in [2.24, 2.45) is 5.41 Å². The van der Waals surface area contributed by atoms with Crippen LogP contribution in [0.5, 0.6) is 0 Å². The van der Waals surface area contributed by atoms with Crippen LogP contribution >= 0.6 is 0 Å². The summed E-state index contributed by atoms with van der Waals surface area (Å²) in [5.74, 6) is -0.249. The molecule has 0 N–H and O–H groups in total. The number of Topliss-reactive ketones (excluding diaryl/α,β-unsaturated/α-hetero) is 1. The minimum absolute atomic E-state index is 0.249. The Balaban J connectivity index is 4.30. The van der Waals surface area contributed by atoms with E-state index in [1.807, 2.05) is 13.8 Å². The molecule has 0 radical (unpaired) electrons. The molecule has 0 saturated heterocycles. The van der Waals surface area contributed by atoms with Crippen molar-refractivity contribution in [1.29, 1.82) is 0 Å². The first-order valence-corrected chi connectivity index (χ1v) is 5.85. The zero-order valence-corrected chi connectivity index (χ0v) is 10.3. The molecule has 0 heterocycles. The predicted octanol–water partition coefficient (Wildman–Crippen LogP) is 4.50. The van der Waals surface area contributed by atoms with Gasteiger partial charge in [0, 0.05) is 11.8 Å². The van der Waals surface area contributed by atoms with Crippen LogP contribution in [-0.4, -0.2) is 12.0 Å². The monoisotopic (exact) mass is 238 g/mol. The van der Waals surface area contributed by atoms with Crippen LogP contribution in [0.2, 0.25) is 0 Å². The molecule has 0 aliphatic carbocycles. The van der Waals surface area contributed by atoms with Gasteiger partial charge in [-0.25, -0.2) is 0 Å². The van der Waals surface area contributed by atoms with Crippen molar-refractivity contribution >= 4 is 5.78 Å². The van der Waals surface area contributed by atoms with E-state index in [2.05, 4.69) is 0 Å². The van der Waals surface area contributed by atoms with E-state index in [1.165, 1.54) is 0 Å². The Kier molecular flexibility index (Phi) is 6.05. The molecule has 0 aromatic rings. The van der Waals surface area contributed by atoms with Crippen molar-refractivity contribution in [3.63, 3.8) is 0 Å². The third kappa shape index (κ3) is 5.52. The molecule has 0 amide bonds. The number of rotatable bonds is 7. The molecule has 0 bridgehead atoms. The van der Waals surface area contributed by atoms with Gasteiger partial charge in [0.25, 0.3) is 0 Å². The highest BCUT2D eigenvalue weighted by Crippen LogP contribution is 2.33. The number of ketones is 1. The van der Waals surface area contributed by atoms with Crippen molar-refractivity contribution < 1.29 is 18.0 Å². The average molecular weight is 238 g/mol. The number of halogens is 3. The predicted molar refractivity (Wildman–Crippen MR) is 58.2 cm³/mol. The Bertz CT molecular complexity index is 223. The minimum atomic E-state index is -4.23. The number of carbonyl (C=O) groups excluding carboxylic acids is 1. The van der Waals surface area contributed by atoms with Gasteiger partial charge in [-0.05, 0) is 12.8 Å². The zero-order chi connectivity index (χ0) is 12.8. The highest BCUT2D eigenvalue weighted by Gasteiger charge is 2.34. The number of hydrogen-bond acceptors (Lipinski definition) is 1. The van der Waals surface area contributed by atoms with Gasteiger partial charge in [-0.3, -0.25) is 4.79 Å². The van der Waals surface area contributed by atoms with E-state index < -0.39 is 18.0 Å². The van der Waals surface area contributed by atoms with E-state index in [0.29, 0.717) is 12.8 Å². The second-order valence-corrected chi connectivity index (χ2v) is 4.56. The van der Waals surface area contributed by atoms with E-state index in [4.69, 9.17) is 0 Å². The average Bonchev–Trinajstić information content (AvgIpc) is 2.21. The first kappa shape index (κ1) is 15.5. The summed E-state index contributed by atoms with van der Waals surface area (Å²) in [6.07, 6.45) is -2.44. The van der Waals surface area contributed by atoms with Crippen molar-refractivity contribution in [2.45, 2.75) is 65.5 Å². The molecule has 0 saturated carbocycles. The molecule has 4 heteroatoms. The molecule has 0 aromatic carbocycles. The van der Waals surface area contributed by atoms with Gasteiger partial charge in [0.05, 0.1) is 6.42 Å². The Hall–Kier alpha value is -0.540. The molecule has 0 aromatic heterocycles. The van der Waals surface area contributed by atoms with E-state index in [-0.39, 0.29) is 12.2 Å². The normalized spacial score (nSPS) is 15.9. The van der Waals surface area contributed by atoms with Crippen LogP contribution in [0.3, 0.4) is 0 Å². The molecular formula is C12H21F3O. The van der Waals surface area contributed by atoms with Crippen LogP contribution in [0.4, 0.5) is 13.2 Å². The lowest BCUT2D eigenvalue weighted by molar-refractivity contribution is -0.147. The lowest BCUT2D eigenvalue weighted by atomic mass is 9.77. The van der Waals surface area contributed by atoms with Gasteiger partial charge in [-0.15, -0.1) is 0 Å². The Morgan fingerprint density at radius 1 is 1.12 bits per heavy atom. The molecule has 1 atom stereocenters. The maximum atomic E-state index is 12.0. The van der Waals surface area contributed by atoms with Gasteiger partial charge in [-0.2, -0.15) is 13.2 Å². The molecule has 0 fully saturated rings. The Morgan fingerprint density at radius 2 is 1.69 bits per heavy atom. The largest absolute Gasteiger partial charge is 0.389 e. The fourth-order valence-corrected chi connectivity index (χ4v) is 1.64. The molecule has 0 rings (SSSR count). The van der Waals surface area contributed by atoms with Gasteiger partial charge >= 0.3 is 6.18 Å². The lowest BCUT2D eigenvalue weighted by Crippen LogP contribution is -2.28. The Morgan fingerprint density at radius 3 is 2.06 bits per heavy atom. The van der Waals surface area contributed by atoms with Crippen LogP contribution in [0.1, 0.15) is 59.3 Å². The van der Waals surface area contributed by atoms with Gasteiger partial charge in [0.15, 0.2) is 0 Å². The summed E-state index contributed by atoms with van der Waals surface area (Å²) in [7, 11) is 0. The standard InChI is InChI=1S/C12H21F3O/c1-4-6-8-11(3,5-2)10(16)7-9-12(13,14)15/h4-9H2,1-3H3. The van der Waals surface area contributed by atoms with Crippen LogP contribution in [-0.2, 0) is 4.79 Å². The second-order valence-electron chi connectivity index (χ2n) is 4.56. The highest BCUT2D eigenvalue weighted by atomic mass is 19.4. The van der Waals surface area contributed by atoms with Crippen LogP contribution < -0.4 is 0 Å². The van der Waals surface area contributed by atoms with E-state index in [1.54, 1.807) is 6.92 Å². The Labute approximate surface area is 95.4 Å². The molecular weight excluding hydrogens is 217 g/mol. The van der Waals surface area contributed by atoms with Gasteiger partial charge in [0.1, 0.15) is 5.78 Å². The summed E-state index contributed by atoms with van der Waals surface area (Å²) in [5.41, 5.74) is -0.568. The lowest BCUT2D eigenvalue weighted by Gasteiger charge is -2.26. The number of carbonyl (C=O) groups is 1. The molecule has 0 spiro atoms. The van der Waals surface area contributed by atoms with Gasteiger partial charge in [0.2, 0.25) is 0 Å². The molecule has 1 unspecified atom stereocenters. The fourth-order valence-electron chi connectivity index (χ4n) is 1.64. The number of alkyl halides is 3. The van der Waals surface area contributed by atoms with Crippen LogP contribution in [0.15, 0.2) is 0 Å². The molecule has 1 nitrogen and oxygen atoms in total. The summed E-state index contributed by atoms with van der Waals surface area (Å²) < 4.78 is 36.0. The summed E-state index contributed by atoms with van der Waals surface area (Å²) >= 11 is 0. The third-order valence-electron chi connectivity index (χ3n) is 3.17.